The van der Waals surface area contributed by atoms with Crippen LogP contribution in [-0.4, -0.2) is 81.2 Å². The van der Waals surface area contributed by atoms with Gasteiger partial charge in [0.25, 0.3) is 0 Å². The van der Waals surface area contributed by atoms with Gasteiger partial charge in [-0.1, -0.05) is 12.1 Å². The molecular weight excluding hydrogens is 604 g/mol. The summed E-state index contributed by atoms with van der Waals surface area (Å²) in [5, 5.41) is 18.1. The lowest BCUT2D eigenvalue weighted by molar-refractivity contribution is -0.193. The molecule has 1 fully saturated rings. The molecule has 0 atom stereocenters. The van der Waals surface area contributed by atoms with Gasteiger partial charge in [-0.25, -0.2) is 14.6 Å². The molecule has 0 bridgehead atoms. The number of pyridine rings is 1. The van der Waals surface area contributed by atoms with Crippen molar-refractivity contribution in [3.05, 3.63) is 59.7 Å². The number of likely N-dealkylation sites (tertiary alicyclic amines) is 1. The Kier molecular flexibility index (Phi) is 10.3. The van der Waals surface area contributed by atoms with Gasteiger partial charge in [-0.3, -0.25) is 9.47 Å². The highest BCUT2D eigenvalue weighted by Crippen LogP contribution is 2.43. The van der Waals surface area contributed by atoms with Gasteiger partial charge in [-0.05, 0) is 43.5 Å². The van der Waals surface area contributed by atoms with Crippen molar-refractivity contribution >= 4 is 17.6 Å². The molecule has 1 saturated heterocycles. The Labute approximate surface area is 247 Å². The summed E-state index contributed by atoms with van der Waals surface area (Å²) in [6, 6.07) is 12.3. The molecule has 0 amide bonds. The molecule has 2 aliphatic rings. The van der Waals surface area contributed by atoms with E-state index >= 15 is 0 Å². The van der Waals surface area contributed by atoms with E-state index < -0.39 is 24.3 Å². The predicted octanol–water partition coefficient (Wildman–Crippen LogP) is 4.78. The number of nitrogens with zero attached hydrogens (tertiary/aromatic N) is 4. The molecule has 44 heavy (non-hydrogen) atoms. The quantitative estimate of drug-likeness (QED) is 0.344. The number of hydrogen-bond acceptors (Lipinski definition) is 8. The zero-order valence-corrected chi connectivity index (χ0v) is 23.7. The SMILES string of the molecule is COc1ccc(CN2CCC3(CC2)Nc2ccc(OC)nc2-n2c3cnc2C)cc1.O=C(O)C(F)(F)F.O=C(O)C(F)(F)F. The first kappa shape index (κ1) is 34.0. The van der Waals surface area contributed by atoms with Crippen molar-refractivity contribution in [2.75, 3.05) is 32.6 Å². The molecule has 11 nitrogen and oxygen atoms in total. The molecule has 5 rings (SSSR count). The van der Waals surface area contributed by atoms with E-state index in [1.807, 2.05) is 31.3 Å². The van der Waals surface area contributed by atoms with Crippen LogP contribution in [0.2, 0.25) is 0 Å². The summed E-state index contributed by atoms with van der Waals surface area (Å²) in [5.41, 5.74) is 3.41. The van der Waals surface area contributed by atoms with Gasteiger partial charge in [-0.2, -0.15) is 31.3 Å². The molecular formula is C27H29F6N5O6. The van der Waals surface area contributed by atoms with Gasteiger partial charge < -0.3 is 25.0 Å². The number of carboxylic acids is 2. The normalized spacial score (nSPS) is 15.3. The summed E-state index contributed by atoms with van der Waals surface area (Å²) in [4.78, 5) is 29.6. The standard InChI is InChI=1S/C23H27N5O2.2C2HF3O2/c1-16-24-14-20-23(26-19-8-9-21(30-3)25-22(19)28(16)20)10-12-27(13-11-23)15-17-4-6-18(29-2)7-5-17;2*3-2(4,5)1(6)7/h4-9,14,26H,10-13,15H2,1-3H3;2*(H,6,7). The van der Waals surface area contributed by atoms with Crippen LogP contribution >= 0.6 is 0 Å². The monoisotopic (exact) mass is 633 g/mol. The molecule has 240 valence electrons. The van der Waals surface area contributed by atoms with Crippen LogP contribution in [-0.2, 0) is 21.7 Å². The van der Waals surface area contributed by atoms with Crippen LogP contribution in [0.3, 0.4) is 0 Å². The number of nitrogens with one attached hydrogen (secondary N) is 1. The number of benzene rings is 1. The number of alkyl halides is 6. The second-order valence-corrected chi connectivity index (χ2v) is 9.69. The lowest BCUT2D eigenvalue weighted by atomic mass is 9.82. The van der Waals surface area contributed by atoms with Crippen molar-refractivity contribution in [1.29, 1.82) is 0 Å². The van der Waals surface area contributed by atoms with Gasteiger partial charge in [0.2, 0.25) is 5.88 Å². The number of fused-ring (bicyclic) bond motifs is 4. The first-order chi connectivity index (χ1) is 20.5. The first-order valence-electron chi connectivity index (χ1n) is 12.8. The minimum atomic E-state index is -5.08. The molecule has 0 radical (unpaired) electrons. The van der Waals surface area contributed by atoms with E-state index in [1.54, 1.807) is 14.2 Å². The smallest absolute Gasteiger partial charge is 0.490 e. The Morgan fingerprint density at radius 2 is 1.48 bits per heavy atom. The van der Waals surface area contributed by atoms with Crippen molar-refractivity contribution in [2.24, 2.45) is 0 Å². The number of carbonyl (C=O) groups is 2. The number of halogens is 6. The molecule has 2 aliphatic heterocycles. The van der Waals surface area contributed by atoms with Crippen LogP contribution in [0.4, 0.5) is 32.0 Å². The van der Waals surface area contributed by atoms with Gasteiger partial charge in [0.1, 0.15) is 11.6 Å². The van der Waals surface area contributed by atoms with E-state index in [-0.39, 0.29) is 5.54 Å². The second kappa shape index (κ2) is 13.4. The Hall–Kier alpha value is -4.54. The van der Waals surface area contributed by atoms with Crippen LogP contribution < -0.4 is 14.8 Å². The minimum absolute atomic E-state index is 0.124. The maximum absolute atomic E-state index is 10.6. The third-order valence-electron chi connectivity index (χ3n) is 6.83. The summed E-state index contributed by atoms with van der Waals surface area (Å²) < 4.78 is 76.3. The van der Waals surface area contributed by atoms with E-state index in [0.717, 1.165) is 55.6 Å². The molecule has 3 N–H and O–H groups in total. The second-order valence-electron chi connectivity index (χ2n) is 9.69. The summed E-state index contributed by atoms with van der Waals surface area (Å²) in [6.45, 7) is 5.02. The zero-order valence-electron chi connectivity index (χ0n) is 23.7. The maximum atomic E-state index is 10.6. The van der Waals surface area contributed by atoms with Crippen LogP contribution in [0, 0.1) is 6.92 Å². The third kappa shape index (κ3) is 8.09. The number of aryl methyl sites for hydroxylation is 1. The fraction of sp³-hybridized carbons (Fsp3) is 0.407. The summed E-state index contributed by atoms with van der Waals surface area (Å²) in [7, 11) is 3.35. The van der Waals surface area contributed by atoms with Gasteiger partial charge in [0, 0.05) is 25.7 Å². The number of carboxylic acid groups (broad SMARTS) is 2. The largest absolute Gasteiger partial charge is 0.497 e. The number of rotatable bonds is 4. The molecule has 0 saturated carbocycles. The lowest BCUT2D eigenvalue weighted by Crippen LogP contribution is -2.49. The Bertz CT molecular complexity index is 1430. The third-order valence-corrected chi connectivity index (χ3v) is 6.83. The Morgan fingerprint density at radius 1 is 0.932 bits per heavy atom. The highest BCUT2D eigenvalue weighted by atomic mass is 19.4. The van der Waals surface area contributed by atoms with E-state index in [2.05, 4.69) is 43.0 Å². The molecule has 1 spiro atoms. The molecule has 4 heterocycles. The molecule has 3 aromatic rings. The summed E-state index contributed by atoms with van der Waals surface area (Å²) in [6.07, 6.45) is -6.13. The van der Waals surface area contributed by atoms with Crippen molar-refractivity contribution < 1.29 is 55.6 Å². The fourth-order valence-electron chi connectivity index (χ4n) is 4.65. The number of piperidine rings is 1. The number of imidazole rings is 1. The summed E-state index contributed by atoms with van der Waals surface area (Å²) in [5.74, 6) is -2.19. The van der Waals surface area contributed by atoms with Crippen LogP contribution in [0.1, 0.15) is 29.9 Å². The van der Waals surface area contributed by atoms with Crippen molar-refractivity contribution in [2.45, 2.75) is 44.2 Å². The zero-order chi connectivity index (χ0) is 32.9. The molecule has 2 aromatic heterocycles. The van der Waals surface area contributed by atoms with Gasteiger partial charge in [0.15, 0.2) is 5.82 Å². The predicted molar refractivity (Wildman–Crippen MR) is 143 cm³/mol. The summed E-state index contributed by atoms with van der Waals surface area (Å²) >= 11 is 0. The number of anilines is 1. The van der Waals surface area contributed by atoms with Gasteiger partial charge in [-0.15, -0.1) is 0 Å². The van der Waals surface area contributed by atoms with Crippen LogP contribution in [0.25, 0.3) is 5.82 Å². The number of methoxy groups -OCH3 is 2. The number of hydrogen-bond donors (Lipinski definition) is 3. The molecule has 0 unspecified atom stereocenters. The molecule has 17 heteroatoms. The number of ether oxygens (including phenoxy) is 2. The fourth-order valence-corrected chi connectivity index (χ4v) is 4.65. The highest BCUT2D eigenvalue weighted by molar-refractivity contribution is 5.73. The number of aromatic nitrogens is 3. The topological polar surface area (TPSA) is 139 Å². The van der Waals surface area contributed by atoms with E-state index in [4.69, 9.17) is 29.3 Å². The van der Waals surface area contributed by atoms with Crippen LogP contribution in [0.5, 0.6) is 11.6 Å². The Balaban J connectivity index is 0.000000317. The maximum Gasteiger partial charge on any atom is 0.490 e. The highest BCUT2D eigenvalue weighted by Gasteiger charge is 2.43. The minimum Gasteiger partial charge on any atom is -0.497 e. The van der Waals surface area contributed by atoms with Crippen LogP contribution in [0.15, 0.2) is 42.6 Å². The molecule has 1 aromatic carbocycles. The lowest BCUT2D eigenvalue weighted by Gasteiger charge is -2.45. The van der Waals surface area contributed by atoms with E-state index in [0.29, 0.717) is 5.88 Å². The first-order valence-corrected chi connectivity index (χ1v) is 12.8. The van der Waals surface area contributed by atoms with Crippen molar-refractivity contribution in [3.63, 3.8) is 0 Å². The average molecular weight is 634 g/mol. The number of aliphatic carboxylic acids is 2. The average Bonchev–Trinajstić information content (AvgIpc) is 3.37. The van der Waals surface area contributed by atoms with Gasteiger partial charge >= 0.3 is 24.3 Å². The van der Waals surface area contributed by atoms with Crippen molar-refractivity contribution in [3.8, 4) is 17.4 Å². The van der Waals surface area contributed by atoms with Gasteiger partial charge in [0.05, 0.1) is 37.3 Å². The van der Waals surface area contributed by atoms with E-state index in [9.17, 15) is 26.3 Å². The Morgan fingerprint density at radius 3 is 1.95 bits per heavy atom. The van der Waals surface area contributed by atoms with E-state index in [1.165, 1.54) is 11.3 Å². The van der Waals surface area contributed by atoms with Crippen molar-refractivity contribution in [1.82, 2.24) is 19.4 Å². The molecule has 0 aliphatic carbocycles.